The zero-order valence-electron chi connectivity index (χ0n) is 11.0. The molecular weight excluding hydrogens is 270 g/mol. The highest BCUT2D eigenvalue weighted by Gasteiger charge is 2.17. The Bertz CT molecular complexity index is 476. The molecule has 104 valence electrons. The molecule has 1 N–H and O–H groups in total. The van der Waals surface area contributed by atoms with Crippen LogP contribution in [0.3, 0.4) is 0 Å². The van der Waals surface area contributed by atoms with Gasteiger partial charge in [0.1, 0.15) is 11.8 Å². The van der Waals surface area contributed by atoms with Crippen molar-refractivity contribution >= 4 is 23.5 Å². The van der Waals surface area contributed by atoms with Gasteiger partial charge in [0.05, 0.1) is 20.6 Å². The van der Waals surface area contributed by atoms with Gasteiger partial charge >= 0.3 is 5.97 Å². The van der Waals surface area contributed by atoms with E-state index in [1.807, 2.05) is 0 Å². The number of carbonyl (C=O) groups is 2. The molecule has 5 nitrogen and oxygen atoms in total. The van der Waals surface area contributed by atoms with Crippen LogP contribution < -0.4 is 10.1 Å². The molecule has 0 bridgehead atoms. The van der Waals surface area contributed by atoms with E-state index in [1.165, 1.54) is 14.2 Å². The number of benzene rings is 1. The molecule has 0 radical (unpaired) electrons. The number of esters is 1. The lowest BCUT2D eigenvalue weighted by Crippen LogP contribution is -2.39. The van der Waals surface area contributed by atoms with Crippen LogP contribution in [0.1, 0.15) is 12.5 Å². The number of methoxy groups -OCH3 is 2. The minimum Gasteiger partial charge on any atom is -0.496 e. The lowest BCUT2D eigenvalue weighted by molar-refractivity contribution is -0.144. The van der Waals surface area contributed by atoms with Gasteiger partial charge < -0.3 is 14.8 Å². The summed E-state index contributed by atoms with van der Waals surface area (Å²) in [6.45, 7) is 1.55. The molecule has 1 unspecified atom stereocenters. The number of carbonyl (C=O) groups excluding carboxylic acids is 2. The number of nitrogens with one attached hydrogen (secondary N) is 1. The van der Waals surface area contributed by atoms with E-state index in [4.69, 9.17) is 16.3 Å². The van der Waals surface area contributed by atoms with Crippen LogP contribution in [0.15, 0.2) is 18.2 Å². The van der Waals surface area contributed by atoms with E-state index < -0.39 is 12.0 Å². The third kappa shape index (κ3) is 4.44. The van der Waals surface area contributed by atoms with Crippen molar-refractivity contribution in [3.63, 3.8) is 0 Å². The molecule has 0 aromatic heterocycles. The molecule has 1 aromatic carbocycles. The molecule has 6 heteroatoms. The summed E-state index contributed by atoms with van der Waals surface area (Å²) in [5.41, 5.74) is 0.657. The van der Waals surface area contributed by atoms with E-state index in [9.17, 15) is 9.59 Å². The number of amides is 1. The molecule has 0 aliphatic carbocycles. The Kier molecular flexibility index (Phi) is 5.63. The van der Waals surface area contributed by atoms with Gasteiger partial charge in [0.25, 0.3) is 0 Å². The lowest BCUT2D eigenvalue weighted by Gasteiger charge is -2.13. The Balaban J connectivity index is 2.71. The van der Waals surface area contributed by atoms with Crippen molar-refractivity contribution in [1.82, 2.24) is 5.32 Å². The predicted molar refractivity (Wildman–Crippen MR) is 71.3 cm³/mol. The summed E-state index contributed by atoms with van der Waals surface area (Å²) in [7, 11) is 2.78. The molecule has 1 aromatic rings. The standard InChI is InChI=1S/C13H16ClNO4/c1-8(13(17)19-3)15-12(16)7-9-6-10(14)4-5-11(9)18-2/h4-6,8H,7H2,1-3H3,(H,15,16). The average Bonchev–Trinajstić information content (AvgIpc) is 2.37. The fourth-order valence-corrected chi connectivity index (χ4v) is 1.78. The molecule has 0 spiro atoms. The number of hydrogen-bond donors (Lipinski definition) is 1. The molecule has 0 saturated heterocycles. The maximum atomic E-state index is 11.8. The van der Waals surface area contributed by atoms with E-state index in [2.05, 4.69) is 10.1 Å². The summed E-state index contributed by atoms with van der Waals surface area (Å²) in [6, 6.07) is 4.33. The van der Waals surface area contributed by atoms with E-state index >= 15 is 0 Å². The number of ether oxygens (including phenoxy) is 2. The van der Waals surface area contributed by atoms with Crippen LogP contribution in [-0.2, 0) is 20.7 Å². The van der Waals surface area contributed by atoms with Crippen LogP contribution in [0, 0.1) is 0 Å². The Labute approximate surface area is 116 Å². The first-order valence-electron chi connectivity index (χ1n) is 5.67. The summed E-state index contributed by atoms with van der Waals surface area (Å²) in [6.07, 6.45) is 0.0745. The Morgan fingerprint density at radius 3 is 2.63 bits per heavy atom. The van der Waals surface area contributed by atoms with Crippen molar-refractivity contribution in [3.05, 3.63) is 28.8 Å². The highest BCUT2D eigenvalue weighted by atomic mass is 35.5. The van der Waals surface area contributed by atoms with E-state index in [1.54, 1.807) is 25.1 Å². The first kappa shape index (κ1) is 15.3. The average molecular weight is 286 g/mol. The SMILES string of the molecule is COC(=O)C(C)NC(=O)Cc1cc(Cl)ccc1OC. The Hall–Kier alpha value is -1.75. The molecule has 0 saturated carbocycles. The van der Waals surface area contributed by atoms with Crippen LogP contribution in [0.4, 0.5) is 0 Å². The molecule has 1 rings (SSSR count). The van der Waals surface area contributed by atoms with Crippen LogP contribution >= 0.6 is 11.6 Å². The fourth-order valence-electron chi connectivity index (χ4n) is 1.59. The van der Waals surface area contributed by atoms with Crippen molar-refractivity contribution < 1.29 is 19.1 Å². The minimum atomic E-state index is -0.692. The second-order valence-electron chi connectivity index (χ2n) is 3.95. The van der Waals surface area contributed by atoms with E-state index in [0.717, 1.165) is 0 Å². The molecular formula is C13H16ClNO4. The van der Waals surface area contributed by atoms with Crippen LogP contribution in [0.25, 0.3) is 0 Å². The van der Waals surface area contributed by atoms with Crippen molar-refractivity contribution in [2.75, 3.05) is 14.2 Å². The molecule has 19 heavy (non-hydrogen) atoms. The van der Waals surface area contributed by atoms with Crippen molar-refractivity contribution in [1.29, 1.82) is 0 Å². The highest BCUT2D eigenvalue weighted by molar-refractivity contribution is 6.30. The van der Waals surface area contributed by atoms with E-state index in [0.29, 0.717) is 16.3 Å². The maximum Gasteiger partial charge on any atom is 0.328 e. The molecule has 1 atom stereocenters. The quantitative estimate of drug-likeness (QED) is 0.834. The summed E-state index contributed by atoms with van der Waals surface area (Å²) < 4.78 is 9.67. The van der Waals surface area contributed by atoms with Gasteiger partial charge in [-0.15, -0.1) is 0 Å². The molecule has 0 heterocycles. The monoisotopic (exact) mass is 285 g/mol. The second kappa shape index (κ2) is 6.99. The topological polar surface area (TPSA) is 64.6 Å². The van der Waals surface area contributed by atoms with Crippen molar-refractivity contribution in [2.24, 2.45) is 0 Å². The normalized spacial score (nSPS) is 11.6. The van der Waals surface area contributed by atoms with Gasteiger partial charge in [0.15, 0.2) is 0 Å². The largest absolute Gasteiger partial charge is 0.496 e. The van der Waals surface area contributed by atoms with Gasteiger partial charge in [0, 0.05) is 10.6 Å². The van der Waals surface area contributed by atoms with Crippen LogP contribution in [-0.4, -0.2) is 32.1 Å². The van der Waals surface area contributed by atoms with Gasteiger partial charge in [-0.3, -0.25) is 4.79 Å². The van der Waals surface area contributed by atoms with E-state index in [-0.39, 0.29) is 12.3 Å². The van der Waals surface area contributed by atoms with Gasteiger partial charge in [-0.2, -0.15) is 0 Å². The zero-order chi connectivity index (χ0) is 14.4. The van der Waals surface area contributed by atoms with Gasteiger partial charge in [-0.25, -0.2) is 4.79 Å². The van der Waals surface area contributed by atoms with Gasteiger partial charge in [-0.1, -0.05) is 11.6 Å². The maximum absolute atomic E-state index is 11.8. The number of rotatable bonds is 5. The molecule has 0 fully saturated rings. The fraction of sp³-hybridized carbons (Fsp3) is 0.385. The molecule has 0 aliphatic rings. The highest BCUT2D eigenvalue weighted by Crippen LogP contribution is 2.22. The first-order chi connectivity index (χ1) is 8.97. The third-order valence-electron chi connectivity index (χ3n) is 2.53. The predicted octanol–water partition coefficient (Wildman–Crippen LogP) is 1.57. The molecule has 1 amide bonds. The minimum absolute atomic E-state index is 0.0745. The molecule has 0 aliphatic heterocycles. The zero-order valence-corrected chi connectivity index (χ0v) is 11.8. The van der Waals surface area contributed by atoms with Crippen molar-refractivity contribution in [2.45, 2.75) is 19.4 Å². The van der Waals surface area contributed by atoms with Crippen LogP contribution in [0.5, 0.6) is 5.75 Å². The second-order valence-corrected chi connectivity index (χ2v) is 4.38. The third-order valence-corrected chi connectivity index (χ3v) is 2.76. The summed E-state index contributed by atoms with van der Waals surface area (Å²) >= 11 is 5.87. The summed E-state index contributed by atoms with van der Waals surface area (Å²) in [5, 5.41) is 3.06. The van der Waals surface area contributed by atoms with Crippen LogP contribution in [0.2, 0.25) is 5.02 Å². The summed E-state index contributed by atoms with van der Waals surface area (Å²) in [5.74, 6) is -0.227. The Morgan fingerprint density at radius 2 is 2.05 bits per heavy atom. The Morgan fingerprint density at radius 1 is 1.37 bits per heavy atom. The number of hydrogen-bond acceptors (Lipinski definition) is 4. The smallest absolute Gasteiger partial charge is 0.328 e. The lowest BCUT2D eigenvalue weighted by atomic mass is 10.1. The van der Waals surface area contributed by atoms with Gasteiger partial charge in [0.2, 0.25) is 5.91 Å². The van der Waals surface area contributed by atoms with Gasteiger partial charge in [-0.05, 0) is 25.1 Å². The van der Waals surface area contributed by atoms with Crippen molar-refractivity contribution in [3.8, 4) is 5.75 Å². The summed E-state index contributed by atoms with van der Waals surface area (Å²) in [4.78, 5) is 23.0. The number of halogens is 1. The first-order valence-corrected chi connectivity index (χ1v) is 6.05.